The highest BCUT2D eigenvalue weighted by Gasteiger charge is 2.49. The molecule has 2 saturated heterocycles. The van der Waals surface area contributed by atoms with Crippen LogP contribution in [0.15, 0.2) is 77.8 Å². The molecule has 2 aliphatic carbocycles. The number of pyridine rings is 1. The lowest BCUT2D eigenvalue weighted by molar-refractivity contribution is -0.384. The highest BCUT2D eigenvalue weighted by Crippen LogP contribution is 2.49. The van der Waals surface area contributed by atoms with Crippen molar-refractivity contribution in [3.05, 3.63) is 106 Å². The molecule has 368 valence electrons. The molecule has 2 aromatic heterocycles. The van der Waals surface area contributed by atoms with E-state index in [1.807, 2.05) is 0 Å². The molecule has 0 unspecified atom stereocenters. The fraction of sp³-hybridized carbons (Fsp3) is 0.500. The Bertz CT molecular complexity index is 2840. The standard InChI is InChI=1S/C52H64FN7O8S/c1-6-67-49-46(28-39-41(53)30-55-47(39)56-49)68-45-26-34(58-24-22-52(23-25-58)31-59(32-52)43-13-9-11-37(43)36-10-7-8-12-40(36)50(2,3)4)14-16-38(45)48(61)57-69(65,66)35-15-17-42(44(27-35)60(63)64)54-29-33-18-20-51(5,62)21-19-33/h7-8,10,12,14-17,26-28,30,33,37,43,54,62H,6,9,11,13,18-25,29,31-32H2,1-5H3,(H,55,56)(H,57,61)/t33-,37-,43-,51-/m1/s1. The van der Waals surface area contributed by atoms with Gasteiger partial charge in [0.2, 0.25) is 0 Å². The Morgan fingerprint density at radius 2 is 1.74 bits per heavy atom. The smallest absolute Gasteiger partial charge is 0.293 e. The van der Waals surface area contributed by atoms with Crippen LogP contribution in [0, 0.1) is 27.3 Å². The number of nitrogens with one attached hydrogen (secondary N) is 3. The molecule has 1 spiro atoms. The average molecular weight is 966 g/mol. The maximum absolute atomic E-state index is 14.9. The second-order valence-electron chi connectivity index (χ2n) is 21.1. The summed E-state index contributed by atoms with van der Waals surface area (Å²) in [5, 5.41) is 25.8. The quantitative estimate of drug-likeness (QED) is 0.0609. The Hall–Kier alpha value is -5.78. The predicted octanol–water partition coefficient (Wildman–Crippen LogP) is 9.81. The van der Waals surface area contributed by atoms with Crippen molar-refractivity contribution < 1.29 is 37.1 Å². The molecule has 2 saturated carbocycles. The maximum Gasteiger partial charge on any atom is 0.293 e. The van der Waals surface area contributed by atoms with E-state index in [2.05, 4.69) is 74.8 Å². The molecule has 4 aliphatic rings. The summed E-state index contributed by atoms with van der Waals surface area (Å²) < 4.78 is 56.9. The van der Waals surface area contributed by atoms with Gasteiger partial charge < -0.3 is 29.8 Å². The Morgan fingerprint density at radius 1 is 1.00 bits per heavy atom. The summed E-state index contributed by atoms with van der Waals surface area (Å²) in [7, 11) is -4.66. The summed E-state index contributed by atoms with van der Waals surface area (Å²) in [4.78, 5) is 37.4. The van der Waals surface area contributed by atoms with Gasteiger partial charge in [-0.15, -0.1) is 0 Å². The van der Waals surface area contributed by atoms with Crippen LogP contribution in [0.2, 0.25) is 0 Å². The number of carbonyl (C=O) groups is 1. The van der Waals surface area contributed by atoms with E-state index in [4.69, 9.17) is 9.47 Å². The van der Waals surface area contributed by atoms with Crippen LogP contribution >= 0.6 is 0 Å². The molecular formula is C52H64FN7O8S. The van der Waals surface area contributed by atoms with Gasteiger partial charge in [-0.3, -0.25) is 19.8 Å². The van der Waals surface area contributed by atoms with Crippen molar-refractivity contribution in [3.8, 4) is 17.4 Å². The highest BCUT2D eigenvalue weighted by molar-refractivity contribution is 7.90. The third-order valence-electron chi connectivity index (χ3n) is 15.1. The number of nitro groups is 1. The largest absolute Gasteiger partial charge is 0.475 e. The van der Waals surface area contributed by atoms with Crippen LogP contribution in [0.5, 0.6) is 17.4 Å². The van der Waals surface area contributed by atoms with Crippen LogP contribution in [0.25, 0.3) is 11.0 Å². The van der Waals surface area contributed by atoms with Crippen molar-refractivity contribution in [1.29, 1.82) is 0 Å². The van der Waals surface area contributed by atoms with Crippen molar-refractivity contribution in [3.63, 3.8) is 0 Å². The number of aliphatic hydroxyl groups is 1. The number of sulfonamides is 1. The number of amides is 1. The van der Waals surface area contributed by atoms with Gasteiger partial charge in [0, 0.05) is 68.8 Å². The van der Waals surface area contributed by atoms with Gasteiger partial charge >= 0.3 is 0 Å². The fourth-order valence-corrected chi connectivity index (χ4v) is 12.2. The van der Waals surface area contributed by atoms with Crippen molar-refractivity contribution in [2.45, 2.75) is 120 Å². The third-order valence-corrected chi connectivity index (χ3v) is 16.4. The molecule has 9 rings (SSSR count). The number of piperidine rings is 1. The number of H-pyrrole nitrogens is 1. The number of nitrogens with zero attached hydrogens (tertiary/aromatic N) is 4. The summed E-state index contributed by atoms with van der Waals surface area (Å²) in [6.07, 6.45) is 9.48. The van der Waals surface area contributed by atoms with Gasteiger partial charge in [-0.2, -0.15) is 4.98 Å². The van der Waals surface area contributed by atoms with E-state index < -0.39 is 42.9 Å². The van der Waals surface area contributed by atoms with Gasteiger partial charge in [0.15, 0.2) is 5.75 Å². The van der Waals surface area contributed by atoms with Crippen molar-refractivity contribution in [1.82, 2.24) is 19.6 Å². The van der Waals surface area contributed by atoms with Gasteiger partial charge in [0.1, 0.15) is 22.9 Å². The van der Waals surface area contributed by atoms with E-state index in [0.29, 0.717) is 31.3 Å². The number of nitro benzene ring substituents is 1. The summed E-state index contributed by atoms with van der Waals surface area (Å²) in [6, 6.07) is 19.3. The molecule has 4 heterocycles. The lowest BCUT2D eigenvalue weighted by Crippen LogP contribution is -2.63. The number of aromatic nitrogens is 2. The predicted molar refractivity (Wildman–Crippen MR) is 264 cm³/mol. The number of likely N-dealkylation sites (tertiary alicyclic amines) is 1. The second-order valence-corrected chi connectivity index (χ2v) is 22.7. The molecule has 17 heteroatoms. The molecule has 1 amide bonds. The number of aromatic amines is 1. The lowest BCUT2D eigenvalue weighted by atomic mass is 9.70. The Morgan fingerprint density at radius 3 is 2.45 bits per heavy atom. The molecule has 2 atom stereocenters. The van der Waals surface area contributed by atoms with E-state index in [0.717, 1.165) is 63.6 Å². The normalized spacial score (nSPS) is 22.9. The van der Waals surface area contributed by atoms with Gasteiger partial charge in [-0.05, 0) is 123 Å². The minimum atomic E-state index is -4.66. The number of hydrogen-bond donors (Lipinski definition) is 4. The van der Waals surface area contributed by atoms with Crippen LogP contribution in [0.1, 0.15) is 120 Å². The fourth-order valence-electron chi connectivity index (χ4n) is 11.2. The first-order valence-electron chi connectivity index (χ1n) is 24.3. The van der Waals surface area contributed by atoms with Gasteiger partial charge in [-0.25, -0.2) is 17.5 Å². The van der Waals surface area contributed by atoms with E-state index in [1.165, 1.54) is 60.9 Å². The SMILES string of the molecule is CCOc1nc2[nH]cc(F)c2cc1Oc1cc(N2CCC3(CC2)CN([C@@H]2CCC[C@@H]2c2ccccc2C(C)(C)C)C3)ccc1C(=O)NS(=O)(=O)c1ccc(NC[C@H]2CC[C@](C)(O)CC2)c([N+](=O)[O-])c1. The third kappa shape index (κ3) is 10.1. The molecule has 3 aromatic carbocycles. The Kier molecular flexibility index (Phi) is 13.2. The molecule has 4 fully saturated rings. The zero-order valence-corrected chi connectivity index (χ0v) is 41.0. The number of ether oxygens (including phenoxy) is 2. The number of benzene rings is 3. The van der Waals surface area contributed by atoms with Crippen LogP contribution in [0.4, 0.5) is 21.5 Å². The molecule has 0 bridgehead atoms. The van der Waals surface area contributed by atoms with E-state index in [9.17, 15) is 32.8 Å². The summed E-state index contributed by atoms with van der Waals surface area (Å²) in [6.45, 7) is 14.7. The lowest BCUT2D eigenvalue weighted by Gasteiger charge is -2.57. The summed E-state index contributed by atoms with van der Waals surface area (Å²) in [5.41, 5.74) is 2.99. The van der Waals surface area contributed by atoms with Crippen molar-refractivity contribution in [2.24, 2.45) is 11.3 Å². The maximum atomic E-state index is 14.9. The number of carbonyl (C=O) groups excluding carboxylic acids is 1. The van der Waals surface area contributed by atoms with Crippen LogP contribution in [-0.4, -0.2) is 90.2 Å². The van der Waals surface area contributed by atoms with E-state index in [-0.39, 0.29) is 63.0 Å². The number of anilines is 2. The van der Waals surface area contributed by atoms with Gasteiger partial charge in [0.05, 0.1) is 33.0 Å². The van der Waals surface area contributed by atoms with E-state index in [1.54, 1.807) is 26.0 Å². The number of rotatable bonds is 14. The first kappa shape index (κ1) is 48.3. The number of fused-ring (bicyclic) bond motifs is 1. The zero-order chi connectivity index (χ0) is 48.9. The Balaban J connectivity index is 0.934. The monoisotopic (exact) mass is 965 g/mol. The average Bonchev–Trinajstić information content (AvgIpc) is 3.93. The minimum absolute atomic E-state index is 0.0109. The van der Waals surface area contributed by atoms with Crippen molar-refractivity contribution in [2.75, 3.05) is 49.5 Å². The topological polar surface area (TPSA) is 192 Å². The van der Waals surface area contributed by atoms with Gasteiger partial charge in [-0.1, -0.05) is 51.5 Å². The van der Waals surface area contributed by atoms with Crippen LogP contribution in [0.3, 0.4) is 0 Å². The Labute approximate surface area is 403 Å². The molecule has 0 radical (unpaired) electrons. The first-order chi connectivity index (χ1) is 32.8. The number of hydrogen-bond acceptors (Lipinski definition) is 12. The molecule has 5 aromatic rings. The van der Waals surface area contributed by atoms with Crippen LogP contribution < -0.4 is 24.4 Å². The zero-order valence-electron chi connectivity index (χ0n) is 40.1. The summed E-state index contributed by atoms with van der Waals surface area (Å²) >= 11 is 0. The molecular weight excluding hydrogens is 902 g/mol. The summed E-state index contributed by atoms with van der Waals surface area (Å²) in [5.74, 6) is -0.892. The molecule has 15 nitrogen and oxygen atoms in total. The first-order valence-corrected chi connectivity index (χ1v) is 25.8. The van der Waals surface area contributed by atoms with E-state index >= 15 is 0 Å². The molecule has 2 aliphatic heterocycles. The number of halogens is 1. The van der Waals surface area contributed by atoms with Crippen molar-refractivity contribution >= 4 is 44.0 Å². The van der Waals surface area contributed by atoms with Crippen LogP contribution in [-0.2, 0) is 15.4 Å². The highest BCUT2D eigenvalue weighted by atomic mass is 32.2. The van der Waals surface area contributed by atoms with Gasteiger partial charge in [0.25, 0.3) is 27.5 Å². The minimum Gasteiger partial charge on any atom is -0.475 e. The molecule has 69 heavy (non-hydrogen) atoms. The second kappa shape index (κ2) is 18.9. The molecule has 4 N–H and O–H groups in total.